The van der Waals surface area contributed by atoms with Crippen LogP contribution in [-0.2, 0) is 9.59 Å². The lowest BCUT2D eigenvalue weighted by Gasteiger charge is -2.16. The molecule has 0 aliphatic heterocycles. The molecule has 0 aromatic carbocycles. The third kappa shape index (κ3) is 1.19. The van der Waals surface area contributed by atoms with Gasteiger partial charge in [0.25, 0.3) is 0 Å². The number of carboxylic acid groups (broad SMARTS) is 1. The standard InChI is InChI=1S/C9H14N2O3/c1-5-4-9(5,7(13)14)11-6(12)8(10)2-3-8/h5H,2-4,10H2,1H3,(H,11,12)(H,13,14). The van der Waals surface area contributed by atoms with Gasteiger partial charge in [-0.1, -0.05) is 6.92 Å². The van der Waals surface area contributed by atoms with Crippen LogP contribution in [0.2, 0.25) is 0 Å². The van der Waals surface area contributed by atoms with Crippen molar-refractivity contribution in [2.45, 2.75) is 37.3 Å². The van der Waals surface area contributed by atoms with Gasteiger partial charge < -0.3 is 16.2 Å². The summed E-state index contributed by atoms with van der Waals surface area (Å²) in [4.78, 5) is 22.5. The van der Waals surface area contributed by atoms with Gasteiger partial charge in [-0.25, -0.2) is 4.79 Å². The average Bonchev–Trinajstić information content (AvgIpc) is 2.94. The van der Waals surface area contributed by atoms with E-state index >= 15 is 0 Å². The monoisotopic (exact) mass is 198 g/mol. The Labute approximate surface area is 81.7 Å². The largest absolute Gasteiger partial charge is 0.479 e. The predicted molar refractivity (Wildman–Crippen MR) is 48.4 cm³/mol. The number of rotatable bonds is 3. The molecule has 0 radical (unpaired) electrons. The van der Waals surface area contributed by atoms with Gasteiger partial charge in [0.1, 0.15) is 5.54 Å². The van der Waals surface area contributed by atoms with Crippen molar-refractivity contribution in [3.05, 3.63) is 0 Å². The van der Waals surface area contributed by atoms with Gasteiger partial charge in [-0.2, -0.15) is 0 Å². The van der Waals surface area contributed by atoms with E-state index in [9.17, 15) is 9.59 Å². The number of carboxylic acids is 1. The number of amides is 1. The van der Waals surface area contributed by atoms with E-state index in [1.807, 2.05) is 6.92 Å². The van der Waals surface area contributed by atoms with Crippen LogP contribution in [-0.4, -0.2) is 28.1 Å². The van der Waals surface area contributed by atoms with Gasteiger partial charge in [-0.05, 0) is 25.2 Å². The molecule has 5 heteroatoms. The molecule has 5 nitrogen and oxygen atoms in total. The van der Waals surface area contributed by atoms with Crippen LogP contribution in [0.4, 0.5) is 0 Å². The zero-order valence-corrected chi connectivity index (χ0v) is 8.04. The van der Waals surface area contributed by atoms with E-state index in [-0.39, 0.29) is 11.8 Å². The van der Waals surface area contributed by atoms with Gasteiger partial charge in [-0.3, -0.25) is 4.79 Å². The quantitative estimate of drug-likeness (QED) is 0.567. The SMILES string of the molecule is CC1CC1(NC(=O)C1(N)CC1)C(=O)O. The first-order valence-electron chi connectivity index (χ1n) is 4.76. The minimum atomic E-state index is -1.04. The zero-order valence-electron chi connectivity index (χ0n) is 8.04. The molecule has 2 unspecified atom stereocenters. The Kier molecular flexibility index (Phi) is 1.67. The summed E-state index contributed by atoms with van der Waals surface area (Å²) in [5.41, 5.74) is 3.84. The Morgan fingerprint density at radius 1 is 1.50 bits per heavy atom. The number of carbonyl (C=O) groups is 2. The van der Waals surface area contributed by atoms with E-state index in [1.165, 1.54) is 0 Å². The molecule has 2 rings (SSSR count). The van der Waals surface area contributed by atoms with E-state index in [0.29, 0.717) is 19.3 Å². The fourth-order valence-corrected chi connectivity index (χ4v) is 1.64. The molecule has 2 fully saturated rings. The second-order valence-corrected chi connectivity index (χ2v) is 4.49. The third-order valence-corrected chi connectivity index (χ3v) is 3.27. The lowest BCUT2D eigenvalue weighted by atomic mass is 10.2. The molecule has 0 bridgehead atoms. The first-order chi connectivity index (χ1) is 6.41. The predicted octanol–water partition coefficient (Wildman–Crippen LogP) is -0.543. The molecular weight excluding hydrogens is 184 g/mol. The Balaban J connectivity index is 2.03. The summed E-state index contributed by atoms with van der Waals surface area (Å²) in [6.07, 6.45) is 1.82. The maximum absolute atomic E-state index is 11.5. The van der Waals surface area contributed by atoms with E-state index in [4.69, 9.17) is 10.8 Å². The van der Waals surface area contributed by atoms with Crippen LogP contribution in [0.5, 0.6) is 0 Å². The highest BCUT2D eigenvalue weighted by molar-refractivity contribution is 5.95. The van der Waals surface area contributed by atoms with Crippen LogP contribution >= 0.6 is 0 Å². The molecule has 2 saturated carbocycles. The van der Waals surface area contributed by atoms with Gasteiger partial charge in [-0.15, -0.1) is 0 Å². The topological polar surface area (TPSA) is 92.4 Å². The van der Waals surface area contributed by atoms with E-state index in [0.717, 1.165) is 0 Å². The number of aliphatic carboxylic acids is 1. The maximum Gasteiger partial charge on any atom is 0.329 e. The highest BCUT2D eigenvalue weighted by Gasteiger charge is 2.61. The van der Waals surface area contributed by atoms with Crippen molar-refractivity contribution in [3.63, 3.8) is 0 Å². The normalized spacial score (nSPS) is 37.4. The summed E-state index contributed by atoms with van der Waals surface area (Å²) in [7, 11) is 0. The summed E-state index contributed by atoms with van der Waals surface area (Å²) in [6, 6.07) is 0. The van der Waals surface area contributed by atoms with Gasteiger partial charge in [0, 0.05) is 0 Å². The number of carbonyl (C=O) groups excluding carboxylic acids is 1. The summed E-state index contributed by atoms with van der Waals surface area (Å²) < 4.78 is 0. The van der Waals surface area contributed by atoms with Crippen LogP contribution in [0.25, 0.3) is 0 Å². The zero-order chi connectivity index (χ0) is 10.6. The minimum Gasteiger partial charge on any atom is -0.479 e. The second-order valence-electron chi connectivity index (χ2n) is 4.49. The molecular formula is C9H14N2O3. The molecule has 0 spiro atoms. The van der Waals surface area contributed by atoms with Gasteiger partial charge >= 0.3 is 5.97 Å². The first kappa shape index (κ1) is 9.45. The molecule has 4 N–H and O–H groups in total. The molecule has 0 heterocycles. The summed E-state index contributed by atoms with van der Waals surface area (Å²) in [5, 5.41) is 11.5. The van der Waals surface area contributed by atoms with Crippen LogP contribution < -0.4 is 11.1 Å². The van der Waals surface area contributed by atoms with Gasteiger partial charge in [0.15, 0.2) is 0 Å². The van der Waals surface area contributed by atoms with Crippen LogP contribution in [0.1, 0.15) is 26.2 Å². The van der Waals surface area contributed by atoms with Crippen molar-refractivity contribution in [3.8, 4) is 0 Å². The molecule has 2 atom stereocenters. The fourth-order valence-electron chi connectivity index (χ4n) is 1.64. The summed E-state index contributed by atoms with van der Waals surface area (Å²) in [6.45, 7) is 1.81. The van der Waals surface area contributed by atoms with E-state index in [1.54, 1.807) is 0 Å². The third-order valence-electron chi connectivity index (χ3n) is 3.27. The molecule has 0 aromatic rings. The van der Waals surface area contributed by atoms with Gasteiger partial charge in [0.2, 0.25) is 5.91 Å². The van der Waals surface area contributed by atoms with Crippen LogP contribution in [0, 0.1) is 5.92 Å². The summed E-state index contributed by atoms with van der Waals surface area (Å²) >= 11 is 0. The molecule has 2 aliphatic carbocycles. The molecule has 78 valence electrons. The Morgan fingerprint density at radius 2 is 2.00 bits per heavy atom. The Hall–Kier alpha value is -1.10. The Morgan fingerprint density at radius 3 is 2.29 bits per heavy atom. The smallest absolute Gasteiger partial charge is 0.329 e. The number of nitrogens with one attached hydrogen (secondary N) is 1. The molecule has 0 saturated heterocycles. The molecule has 2 aliphatic rings. The van der Waals surface area contributed by atoms with Crippen molar-refractivity contribution >= 4 is 11.9 Å². The Bertz CT molecular complexity index is 311. The average molecular weight is 198 g/mol. The number of hydrogen-bond acceptors (Lipinski definition) is 3. The van der Waals surface area contributed by atoms with Crippen molar-refractivity contribution in [2.75, 3.05) is 0 Å². The van der Waals surface area contributed by atoms with E-state index in [2.05, 4.69) is 5.32 Å². The maximum atomic E-state index is 11.5. The molecule has 1 amide bonds. The molecule has 14 heavy (non-hydrogen) atoms. The number of nitrogens with two attached hydrogens (primary N) is 1. The van der Waals surface area contributed by atoms with Crippen LogP contribution in [0.15, 0.2) is 0 Å². The van der Waals surface area contributed by atoms with Crippen LogP contribution in [0.3, 0.4) is 0 Å². The second kappa shape index (κ2) is 2.48. The minimum absolute atomic E-state index is 0.00583. The fraction of sp³-hybridized carbons (Fsp3) is 0.778. The lowest BCUT2D eigenvalue weighted by molar-refractivity contribution is -0.144. The number of hydrogen-bond donors (Lipinski definition) is 3. The van der Waals surface area contributed by atoms with Crippen molar-refractivity contribution < 1.29 is 14.7 Å². The lowest BCUT2D eigenvalue weighted by Crippen LogP contribution is -2.52. The van der Waals surface area contributed by atoms with Crippen molar-refractivity contribution in [1.82, 2.24) is 5.32 Å². The van der Waals surface area contributed by atoms with Gasteiger partial charge in [0.05, 0.1) is 5.54 Å². The molecule has 0 aromatic heterocycles. The van der Waals surface area contributed by atoms with Crippen molar-refractivity contribution in [1.29, 1.82) is 0 Å². The summed E-state index contributed by atoms with van der Waals surface area (Å²) in [5.74, 6) is -1.27. The highest BCUT2D eigenvalue weighted by atomic mass is 16.4. The van der Waals surface area contributed by atoms with Crippen molar-refractivity contribution in [2.24, 2.45) is 11.7 Å². The van der Waals surface area contributed by atoms with E-state index < -0.39 is 17.0 Å². The highest BCUT2D eigenvalue weighted by Crippen LogP contribution is 2.44. The first-order valence-corrected chi connectivity index (χ1v) is 4.76.